The second-order valence-corrected chi connectivity index (χ2v) is 2.26. The number of aromatic amines is 1. The normalized spacial score (nSPS) is 9.70. The van der Waals surface area contributed by atoms with Crippen molar-refractivity contribution in [3.8, 4) is 0 Å². The van der Waals surface area contributed by atoms with Crippen molar-refractivity contribution in [2.45, 2.75) is 5.03 Å². The van der Waals surface area contributed by atoms with Gasteiger partial charge in [0.2, 0.25) is 0 Å². The third-order valence-electron chi connectivity index (χ3n) is 0.968. The SMILES string of the molecule is NSc1ccc([N+](=O)[O-])[nH]1. The fourth-order valence-corrected chi connectivity index (χ4v) is 0.850. The number of hydrogen-bond donors (Lipinski definition) is 2. The van der Waals surface area contributed by atoms with E-state index in [4.69, 9.17) is 5.14 Å². The minimum Gasteiger partial charge on any atom is -0.358 e. The van der Waals surface area contributed by atoms with Crippen molar-refractivity contribution < 1.29 is 4.92 Å². The van der Waals surface area contributed by atoms with Crippen LogP contribution in [0.25, 0.3) is 0 Å². The molecule has 1 aromatic heterocycles. The number of nitrogens with zero attached hydrogens (tertiary/aromatic N) is 1. The van der Waals surface area contributed by atoms with Gasteiger partial charge in [0.25, 0.3) is 0 Å². The first kappa shape index (κ1) is 7.10. The summed E-state index contributed by atoms with van der Waals surface area (Å²) in [6, 6.07) is 2.93. The molecule has 0 unspecified atom stereocenters. The summed E-state index contributed by atoms with van der Waals surface area (Å²) in [4.78, 5) is 12.1. The standard InChI is InChI=1S/C4H5N3O2S/c5-10-4-2-1-3(6-4)7(8)9/h1-2,6H,5H2. The molecule has 0 aromatic carbocycles. The van der Waals surface area contributed by atoms with Crippen LogP contribution >= 0.6 is 11.9 Å². The first-order valence-corrected chi connectivity index (χ1v) is 3.32. The van der Waals surface area contributed by atoms with Crippen molar-refractivity contribution in [1.29, 1.82) is 0 Å². The highest BCUT2D eigenvalue weighted by molar-refractivity contribution is 7.97. The fourth-order valence-electron chi connectivity index (χ4n) is 0.539. The lowest BCUT2D eigenvalue weighted by Gasteiger charge is -1.86. The van der Waals surface area contributed by atoms with Crippen LogP contribution in [0.5, 0.6) is 0 Å². The van der Waals surface area contributed by atoms with E-state index in [0.29, 0.717) is 5.03 Å². The van der Waals surface area contributed by atoms with E-state index < -0.39 is 4.92 Å². The van der Waals surface area contributed by atoms with Crippen LogP contribution in [0.3, 0.4) is 0 Å². The minimum absolute atomic E-state index is 0.0343. The van der Waals surface area contributed by atoms with Crippen LogP contribution in [0.15, 0.2) is 17.2 Å². The summed E-state index contributed by atoms with van der Waals surface area (Å²) in [7, 11) is 0. The average Bonchev–Trinajstić information content (AvgIpc) is 2.34. The molecule has 0 atom stereocenters. The van der Waals surface area contributed by atoms with Crippen LogP contribution in [0.1, 0.15) is 0 Å². The van der Waals surface area contributed by atoms with Crippen molar-refractivity contribution in [1.82, 2.24) is 4.98 Å². The first-order chi connectivity index (χ1) is 4.74. The van der Waals surface area contributed by atoms with E-state index in [1.54, 1.807) is 6.07 Å². The van der Waals surface area contributed by atoms with E-state index in [0.717, 1.165) is 11.9 Å². The number of rotatable bonds is 2. The maximum Gasteiger partial charge on any atom is 0.321 e. The smallest absolute Gasteiger partial charge is 0.321 e. The molecular formula is C4H5N3O2S. The Kier molecular flexibility index (Phi) is 1.93. The lowest BCUT2D eigenvalue weighted by Crippen LogP contribution is -1.87. The Labute approximate surface area is 60.9 Å². The molecule has 0 saturated heterocycles. The Balaban J connectivity index is 2.88. The van der Waals surface area contributed by atoms with Crippen molar-refractivity contribution >= 4 is 17.8 Å². The van der Waals surface area contributed by atoms with E-state index in [1.165, 1.54) is 6.07 Å². The Morgan fingerprint density at radius 1 is 1.70 bits per heavy atom. The highest BCUT2D eigenvalue weighted by atomic mass is 32.2. The van der Waals surface area contributed by atoms with Gasteiger partial charge in [-0.2, -0.15) is 0 Å². The lowest BCUT2D eigenvalue weighted by molar-refractivity contribution is -0.389. The molecule has 10 heavy (non-hydrogen) atoms. The quantitative estimate of drug-likeness (QED) is 0.381. The molecule has 6 heteroatoms. The van der Waals surface area contributed by atoms with E-state index >= 15 is 0 Å². The van der Waals surface area contributed by atoms with Crippen molar-refractivity contribution in [3.63, 3.8) is 0 Å². The highest BCUT2D eigenvalue weighted by Crippen LogP contribution is 2.15. The third kappa shape index (κ3) is 1.28. The van der Waals surface area contributed by atoms with Crippen molar-refractivity contribution in [3.05, 3.63) is 22.2 Å². The topological polar surface area (TPSA) is 84.9 Å². The summed E-state index contributed by atoms with van der Waals surface area (Å²) in [5.74, 6) is -0.0343. The molecule has 0 amide bonds. The molecule has 1 heterocycles. The van der Waals surface area contributed by atoms with E-state index in [-0.39, 0.29) is 5.82 Å². The van der Waals surface area contributed by atoms with Gasteiger partial charge in [-0.15, -0.1) is 0 Å². The molecule has 1 aromatic rings. The number of nitrogens with one attached hydrogen (secondary N) is 1. The second-order valence-electron chi connectivity index (χ2n) is 1.58. The summed E-state index contributed by atoms with van der Waals surface area (Å²) < 4.78 is 0. The number of H-pyrrole nitrogens is 1. The zero-order chi connectivity index (χ0) is 7.56. The monoisotopic (exact) mass is 159 g/mol. The largest absolute Gasteiger partial charge is 0.358 e. The van der Waals surface area contributed by atoms with Gasteiger partial charge in [0, 0.05) is 12.1 Å². The van der Waals surface area contributed by atoms with Crippen LogP contribution in [0.4, 0.5) is 5.82 Å². The summed E-state index contributed by atoms with van der Waals surface area (Å²) in [6.45, 7) is 0. The van der Waals surface area contributed by atoms with Gasteiger partial charge in [-0.25, -0.2) is 4.98 Å². The van der Waals surface area contributed by atoms with Gasteiger partial charge in [-0.3, -0.25) is 5.14 Å². The molecule has 5 nitrogen and oxygen atoms in total. The molecule has 0 saturated carbocycles. The van der Waals surface area contributed by atoms with Gasteiger partial charge in [0.1, 0.15) is 0 Å². The number of nitrogens with two attached hydrogens (primary N) is 1. The predicted molar refractivity (Wildman–Crippen MR) is 37.5 cm³/mol. The fraction of sp³-hybridized carbons (Fsp3) is 0. The van der Waals surface area contributed by atoms with Gasteiger partial charge in [0.15, 0.2) is 5.03 Å². The van der Waals surface area contributed by atoms with E-state index in [2.05, 4.69) is 4.98 Å². The maximum absolute atomic E-state index is 10.1. The van der Waals surface area contributed by atoms with E-state index in [1.807, 2.05) is 0 Å². The van der Waals surface area contributed by atoms with Gasteiger partial charge in [-0.05, 0) is 16.9 Å². The highest BCUT2D eigenvalue weighted by Gasteiger charge is 2.05. The Morgan fingerprint density at radius 3 is 2.70 bits per heavy atom. The molecule has 0 spiro atoms. The summed E-state index contributed by atoms with van der Waals surface area (Å²) in [5, 5.41) is 15.8. The Bertz CT molecular complexity index is 246. The zero-order valence-corrected chi connectivity index (χ0v) is 5.72. The number of hydrogen-bond acceptors (Lipinski definition) is 4. The van der Waals surface area contributed by atoms with Crippen LogP contribution in [0, 0.1) is 10.1 Å². The molecule has 3 N–H and O–H groups in total. The average molecular weight is 159 g/mol. The number of nitro groups is 1. The summed E-state index contributed by atoms with van der Waals surface area (Å²) in [5.41, 5.74) is 0. The molecule has 54 valence electrons. The second kappa shape index (κ2) is 2.72. The number of aromatic nitrogens is 1. The van der Waals surface area contributed by atoms with E-state index in [9.17, 15) is 10.1 Å². The lowest BCUT2D eigenvalue weighted by atomic mass is 10.6. The van der Waals surface area contributed by atoms with Crippen LogP contribution < -0.4 is 5.14 Å². The molecule has 0 fully saturated rings. The molecule has 0 aliphatic heterocycles. The Hall–Kier alpha value is -1.01. The molecule has 0 bridgehead atoms. The van der Waals surface area contributed by atoms with Crippen molar-refractivity contribution in [2.75, 3.05) is 0 Å². The molecule has 1 rings (SSSR count). The van der Waals surface area contributed by atoms with Gasteiger partial charge < -0.3 is 10.1 Å². The van der Waals surface area contributed by atoms with Crippen LogP contribution in [0.2, 0.25) is 0 Å². The summed E-state index contributed by atoms with van der Waals surface area (Å²) in [6.07, 6.45) is 0. The maximum atomic E-state index is 10.1. The molecular weight excluding hydrogens is 154 g/mol. The zero-order valence-electron chi connectivity index (χ0n) is 4.90. The molecule has 0 radical (unpaired) electrons. The molecule has 0 aliphatic rings. The first-order valence-electron chi connectivity index (χ1n) is 2.44. The van der Waals surface area contributed by atoms with Crippen LogP contribution in [-0.2, 0) is 0 Å². The Morgan fingerprint density at radius 2 is 2.40 bits per heavy atom. The van der Waals surface area contributed by atoms with Crippen LogP contribution in [-0.4, -0.2) is 9.91 Å². The van der Waals surface area contributed by atoms with Gasteiger partial charge in [0.05, 0.1) is 0 Å². The van der Waals surface area contributed by atoms with Crippen molar-refractivity contribution in [2.24, 2.45) is 5.14 Å². The summed E-state index contributed by atoms with van der Waals surface area (Å²) >= 11 is 0.947. The molecule has 0 aliphatic carbocycles. The minimum atomic E-state index is -0.500. The van der Waals surface area contributed by atoms with Gasteiger partial charge >= 0.3 is 5.82 Å². The third-order valence-corrected chi connectivity index (χ3v) is 1.46. The van der Waals surface area contributed by atoms with Gasteiger partial charge in [-0.1, -0.05) is 0 Å². The predicted octanol–water partition coefficient (Wildman–Crippen LogP) is 0.889.